The first kappa shape index (κ1) is 18.4. The fourth-order valence-corrected chi connectivity index (χ4v) is 2.92. The zero-order chi connectivity index (χ0) is 19.1. The van der Waals surface area contributed by atoms with Crippen LogP contribution in [0.5, 0.6) is 0 Å². The molecule has 3 aromatic carbocycles. The van der Waals surface area contributed by atoms with E-state index >= 15 is 0 Å². The third kappa shape index (κ3) is 4.80. The van der Waals surface area contributed by atoms with E-state index in [4.69, 9.17) is 5.21 Å². The Balaban J connectivity index is 1.73. The van der Waals surface area contributed by atoms with Gasteiger partial charge < -0.3 is 5.32 Å². The molecule has 0 spiro atoms. The van der Waals surface area contributed by atoms with Crippen molar-refractivity contribution in [1.82, 2.24) is 10.8 Å². The number of carbonyl (C=O) groups is 2. The van der Waals surface area contributed by atoms with Crippen LogP contribution in [0, 0.1) is 0 Å². The summed E-state index contributed by atoms with van der Waals surface area (Å²) in [6, 6.07) is 22.2. The molecular formula is C22H20N2O3. The van der Waals surface area contributed by atoms with E-state index in [-0.39, 0.29) is 6.42 Å². The average molecular weight is 360 g/mol. The van der Waals surface area contributed by atoms with Gasteiger partial charge in [0.15, 0.2) is 0 Å². The molecule has 0 aliphatic rings. The van der Waals surface area contributed by atoms with E-state index in [9.17, 15) is 9.59 Å². The van der Waals surface area contributed by atoms with Gasteiger partial charge in [0, 0.05) is 12.5 Å². The van der Waals surface area contributed by atoms with E-state index in [1.807, 2.05) is 72.8 Å². The molecule has 0 saturated carbocycles. The molecule has 0 aromatic heterocycles. The van der Waals surface area contributed by atoms with Gasteiger partial charge in [0.1, 0.15) is 6.04 Å². The maximum atomic E-state index is 12.3. The lowest BCUT2D eigenvalue weighted by molar-refractivity contribution is -0.133. The number of hydrogen-bond donors (Lipinski definition) is 3. The topological polar surface area (TPSA) is 78.4 Å². The molecule has 0 fully saturated rings. The first-order chi connectivity index (χ1) is 13.2. The van der Waals surface area contributed by atoms with Crippen LogP contribution < -0.4 is 10.8 Å². The second-order valence-electron chi connectivity index (χ2n) is 6.13. The molecule has 5 nitrogen and oxygen atoms in total. The summed E-state index contributed by atoms with van der Waals surface area (Å²) in [5, 5.41) is 13.7. The fraction of sp³-hybridized carbons (Fsp3) is 0.0909. The first-order valence-electron chi connectivity index (χ1n) is 8.61. The summed E-state index contributed by atoms with van der Waals surface area (Å²) in [5.41, 5.74) is 3.40. The SMILES string of the molecule is O=C(/C=C/c1cccc2ccccc12)NC(Cc1ccccc1)C(=O)NO. The highest BCUT2D eigenvalue weighted by molar-refractivity contribution is 5.98. The molecule has 0 bridgehead atoms. The van der Waals surface area contributed by atoms with Gasteiger partial charge in [0.2, 0.25) is 5.91 Å². The highest BCUT2D eigenvalue weighted by Crippen LogP contribution is 2.19. The van der Waals surface area contributed by atoms with Crippen LogP contribution in [0.25, 0.3) is 16.8 Å². The Hall–Kier alpha value is -3.44. The number of nitrogens with one attached hydrogen (secondary N) is 2. The van der Waals surface area contributed by atoms with Crippen LogP contribution in [0.2, 0.25) is 0 Å². The Morgan fingerprint density at radius 3 is 2.41 bits per heavy atom. The molecule has 0 aliphatic heterocycles. The van der Waals surface area contributed by atoms with Crippen molar-refractivity contribution < 1.29 is 14.8 Å². The van der Waals surface area contributed by atoms with Crippen LogP contribution in [0.4, 0.5) is 0 Å². The minimum atomic E-state index is -0.873. The molecule has 136 valence electrons. The standard InChI is InChI=1S/C22H20N2O3/c25-21(14-13-18-11-6-10-17-9-4-5-12-19(17)18)23-20(22(26)24-27)15-16-7-2-1-3-8-16/h1-14,20,27H,15H2,(H,23,25)(H,24,26)/b14-13+. The van der Waals surface area contributed by atoms with Crippen LogP contribution in [0.3, 0.4) is 0 Å². The minimum Gasteiger partial charge on any atom is -0.340 e. The van der Waals surface area contributed by atoms with Crippen molar-refractivity contribution in [3.63, 3.8) is 0 Å². The summed E-state index contributed by atoms with van der Waals surface area (Å²) in [6.45, 7) is 0. The monoisotopic (exact) mass is 360 g/mol. The van der Waals surface area contributed by atoms with Crippen LogP contribution >= 0.6 is 0 Å². The molecule has 27 heavy (non-hydrogen) atoms. The third-order valence-electron chi connectivity index (χ3n) is 4.26. The number of hydrogen-bond acceptors (Lipinski definition) is 3. The lowest BCUT2D eigenvalue weighted by Crippen LogP contribution is -2.46. The van der Waals surface area contributed by atoms with Crippen molar-refractivity contribution in [3.8, 4) is 0 Å². The van der Waals surface area contributed by atoms with E-state index < -0.39 is 17.9 Å². The van der Waals surface area contributed by atoms with E-state index in [0.717, 1.165) is 21.9 Å². The Morgan fingerprint density at radius 2 is 1.63 bits per heavy atom. The van der Waals surface area contributed by atoms with Crippen molar-refractivity contribution in [3.05, 3.63) is 90.0 Å². The van der Waals surface area contributed by atoms with Gasteiger partial charge >= 0.3 is 0 Å². The van der Waals surface area contributed by atoms with E-state index in [2.05, 4.69) is 5.32 Å². The molecule has 2 amide bonds. The number of hydroxylamine groups is 1. The van der Waals surface area contributed by atoms with Gasteiger partial charge in [-0.15, -0.1) is 0 Å². The van der Waals surface area contributed by atoms with Gasteiger partial charge in [-0.3, -0.25) is 14.8 Å². The number of amides is 2. The minimum absolute atomic E-state index is 0.279. The number of carbonyl (C=O) groups excluding carboxylic acids is 2. The number of benzene rings is 3. The maximum absolute atomic E-state index is 12.3. The summed E-state index contributed by atoms with van der Waals surface area (Å²) < 4.78 is 0. The third-order valence-corrected chi connectivity index (χ3v) is 4.26. The lowest BCUT2D eigenvalue weighted by Gasteiger charge is -2.15. The Kier molecular flexibility index (Phi) is 5.97. The predicted molar refractivity (Wildman–Crippen MR) is 105 cm³/mol. The molecule has 0 radical (unpaired) electrons. The molecule has 0 saturated heterocycles. The van der Waals surface area contributed by atoms with Gasteiger partial charge in [-0.05, 0) is 28.0 Å². The largest absolute Gasteiger partial charge is 0.340 e. The zero-order valence-corrected chi connectivity index (χ0v) is 14.6. The molecule has 0 aliphatic carbocycles. The van der Waals surface area contributed by atoms with Gasteiger partial charge in [-0.1, -0.05) is 72.8 Å². The number of fused-ring (bicyclic) bond motifs is 1. The molecule has 3 N–H and O–H groups in total. The normalized spacial score (nSPS) is 12.0. The van der Waals surface area contributed by atoms with Crippen molar-refractivity contribution in [2.24, 2.45) is 0 Å². The first-order valence-corrected chi connectivity index (χ1v) is 8.61. The predicted octanol–water partition coefficient (Wildman–Crippen LogP) is 3.09. The molecule has 5 heteroatoms. The van der Waals surface area contributed by atoms with Gasteiger partial charge in [0.25, 0.3) is 5.91 Å². The smallest absolute Gasteiger partial charge is 0.266 e. The van der Waals surface area contributed by atoms with E-state index in [1.54, 1.807) is 11.6 Å². The maximum Gasteiger partial charge on any atom is 0.266 e. The summed E-state index contributed by atoms with van der Waals surface area (Å²) in [6.07, 6.45) is 3.39. The summed E-state index contributed by atoms with van der Waals surface area (Å²) >= 11 is 0. The highest BCUT2D eigenvalue weighted by Gasteiger charge is 2.19. The van der Waals surface area contributed by atoms with Crippen molar-refractivity contribution in [2.75, 3.05) is 0 Å². The molecule has 1 atom stereocenters. The molecule has 3 aromatic rings. The quantitative estimate of drug-likeness (QED) is 0.359. The van der Waals surface area contributed by atoms with Crippen LogP contribution in [0.15, 0.2) is 78.9 Å². The Morgan fingerprint density at radius 1 is 0.926 bits per heavy atom. The van der Waals surface area contributed by atoms with Crippen LogP contribution in [-0.2, 0) is 16.0 Å². The van der Waals surface area contributed by atoms with Crippen molar-refractivity contribution in [2.45, 2.75) is 12.5 Å². The Labute approximate surface area is 157 Å². The molecule has 0 heterocycles. The summed E-state index contributed by atoms with van der Waals surface area (Å²) in [5.74, 6) is -1.07. The fourth-order valence-electron chi connectivity index (χ4n) is 2.92. The van der Waals surface area contributed by atoms with Crippen molar-refractivity contribution >= 4 is 28.7 Å². The zero-order valence-electron chi connectivity index (χ0n) is 14.6. The van der Waals surface area contributed by atoms with Crippen molar-refractivity contribution in [1.29, 1.82) is 0 Å². The Bertz CT molecular complexity index is 962. The molecule has 1 unspecified atom stereocenters. The molecular weight excluding hydrogens is 340 g/mol. The molecule has 3 rings (SSSR count). The van der Waals surface area contributed by atoms with Gasteiger partial charge in [0.05, 0.1) is 0 Å². The van der Waals surface area contributed by atoms with Gasteiger partial charge in [-0.2, -0.15) is 0 Å². The second-order valence-corrected chi connectivity index (χ2v) is 6.13. The van der Waals surface area contributed by atoms with E-state index in [1.165, 1.54) is 6.08 Å². The average Bonchev–Trinajstić information content (AvgIpc) is 2.72. The van der Waals surface area contributed by atoms with Crippen LogP contribution in [-0.4, -0.2) is 23.1 Å². The summed E-state index contributed by atoms with van der Waals surface area (Å²) in [7, 11) is 0. The highest BCUT2D eigenvalue weighted by atomic mass is 16.5. The lowest BCUT2D eigenvalue weighted by atomic mass is 10.0. The van der Waals surface area contributed by atoms with Crippen LogP contribution in [0.1, 0.15) is 11.1 Å². The summed E-state index contributed by atoms with van der Waals surface area (Å²) in [4.78, 5) is 24.2. The number of rotatable bonds is 6. The van der Waals surface area contributed by atoms with Gasteiger partial charge in [-0.25, -0.2) is 5.48 Å². The van der Waals surface area contributed by atoms with E-state index in [0.29, 0.717) is 0 Å². The second kappa shape index (κ2) is 8.78.